The van der Waals surface area contributed by atoms with Crippen molar-refractivity contribution in [1.29, 1.82) is 0 Å². The molecule has 1 aliphatic rings. The Balaban J connectivity index is 2.01. The highest BCUT2D eigenvalue weighted by Gasteiger charge is 2.15. The van der Waals surface area contributed by atoms with Crippen LogP contribution in [0.4, 0.5) is 5.13 Å². The summed E-state index contributed by atoms with van der Waals surface area (Å²) >= 11 is 1.54. The lowest BCUT2D eigenvalue weighted by molar-refractivity contribution is 0.665. The molecule has 0 spiro atoms. The van der Waals surface area contributed by atoms with Crippen LogP contribution in [0.25, 0.3) is 11.3 Å². The average Bonchev–Trinajstić information content (AvgIpc) is 2.87. The van der Waals surface area contributed by atoms with Gasteiger partial charge < -0.3 is 10.3 Å². The fourth-order valence-electron chi connectivity index (χ4n) is 2.50. The Morgan fingerprint density at radius 3 is 3.11 bits per heavy atom. The Kier molecular flexibility index (Phi) is 3.38. The summed E-state index contributed by atoms with van der Waals surface area (Å²) in [5.41, 5.74) is 3.84. The third kappa shape index (κ3) is 2.42. The van der Waals surface area contributed by atoms with E-state index in [2.05, 4.69) is 15.3 Å². The summed E-state index contributed by atoms with van der Waals surface area (Å²) in [4.78, 5) is 19.6. The molecule has 0 bridgehead atoms. The van der Waals surface area contributed by atoms with Gasteiger partial charge in [0.15, 0.2) is 5.13 Å². The van der Waals surface area contributed by atoms with E-state index in [0.717, 1.165) is 35.9 Å². The van der Waals surface area contributed by atoms with Crippen LogP contribution in [0.3, 0.4) is 0 Å². The Bertz CT molecular complexity index is 644. The number of aromatic nitrogens is 2. The van der Waals surface area contributed by atoms with Gasteiger partial charge in [0.1, 0.15) is 0 Å². The molecule has 0 radical (unpaired) electrons. The van der Waals surface area contributed by atoms with Crippen molar-refractivity contribution in [3.05, 3.63) is 33.1 Å². The van der Waals surface area contributed by atoms with E-state index in [1.807, 2.05) is 18.4 Å². The summed E-state index contributed by atoms with van der Waals surface area (Å²) < 4.78 is 0. The second-order valence-corrected chi connectivity index (χ2v) is 5.65. The Morgan fingerprint density at radius 1 is 1.42 bits per heavy atom. The molecule has 0 saturated carbocycles. The Morgan fingerprint density at radius 2 is 2.26 bits per heavy atom. The number of nitrogens with zero attached hydrogens (tertiary/aromatic N) is 1. The first-order valence-corrected chi connectivity index (χ1v) is 7.60. The average molecular weight is 275 g/mol. The van der Waals surface area contributed by atoms with Gasteiger partial charge in [-0.3, -0.25) is 4.79 Å². The largest absolute Gasteiger partial charge is 0.362 e. The van der Waals surface area contributed by atoms with Crippen LogP contribution >= 0.6 is 11.3 Å². The molecular formula is C14H17N3OS. The minimum Gasteiger partial charge on any atom is -0.362 e. The monoisotopic (exact) mass is 275 g/mol. The SMILES string of the molecule is CCNc1nc(-c2cc3c([nH]c2=O)CCCC3)cs1. The lowest BCUT2D eigenvalue weighted by Gasteiger charge is -2.15. The van der Waals surface area contributed by atoms with E-state index in [9.17, 15) is 4.79 Å². The predicted molar refractivity (Wildman–Crippen MR) is 79.0 cm³/mol. The molecule has 0 fully saturated rings. The zero-order valence-electron chi connectivity index (χ0n) is 11.0. The van der Waals surface area contributed by atoms with Crippen molar-refractivity contribution in [2.45, 2.75) is 32.6 Å². The zero-order chi connectivity index (χ0) is 13.2. The van der Waals surface area contributed by atoms with Gasteiger partial charge in [0, 0.05) is 17.6 Å². The van der Waals surface area contributed by atoms with Crippen molar-refractivity contribution in [2.75, 3.05) is 11.9 Å². The van der Waals surface area contributed by atoms with Crippen molar-refractivity contribution in [2.24, 2.45) is 0 Å². The number of thiazole rings is 1. The van der Waals surface area contributed by atoms with E-state index in [1.165, 1.54) is 18.4 Å². The van der Waals surface area contributed by atoms with Crippen LogP contribution in [0.1, 0.15) is 31.0 Å². The number of H-pyrrole nitrogens is 1. The summed E-state index contributed by atoms with van der Waals surface area (Å²) in [6.07, 6.45) is 4.43. The molecule has 1 aliphatic carbocycles. The number of hydrogen-bond donors (Lipinski definition) is 2. The van der Waals surface area contributed by atoms with Crippen LogP contribution in [0.5, 0.6) is 0 Å². The molecule has 100 valence electrons. The van der Waals surface area contributed by atoms with Gasteiger partial charge >= 0.3 is 0 Å². The van der Waals surface area contributed by atoms with Gasteiger partial charge in [0.05, 0.1) is 11.3 Å². The highest BCUT2D eigenvalue weighted by Crippen LogP contribution is 2.25. The van der Waals surface area contributed by atoms with Gasteiger partial charge in [0.25, 0.3) is 5.56 Å². The predicted octanol–water partition coefficient (Wildman–Crippen LogP) is 2.81. The second kappa shape index (κ2) is 5.17. The van der Waals surface area contributed by atoms with Crippen molar-refractivity contribution >= 4 is 16.5 Å². The number of fused-ring (bicyclic) bond motifs is 1. The van der Waals surface area contributed by atoms with E-state index in [1.54, 1.807) is 11.3 Å². The van der Waals surface area contributed by atoms with Gasteiger partial charge in [-0.1, -0.05) is 0 Å². The summed E-state index contributed by atoms with van der Waals surface area (Å²) in [6, 6.07) is 2.03. The minimum absolute atomic E-state index is 0.0194. The first kappa shape index (κ1) is 12.4. The quantitative estimate of drug-likeness (QED) is 0.905. The molecule has 3 rings (SSSR count). The maximum atomic E-state index is 12.1. The molecule has 19 heavy (non-hydrogen) atoms. The second-order valence-electron chi connectivity index (χ2n) is 4.79. The van der Waals surface area contributed by atoms with Gasteiger partial charge in [-0.05, 0) is 44.2 Å². The molecule has 0 aromatic carbocycles. The molecule has 2 aromatic rings. The van der Waals surface area contributed by atoms with Crippen molar-refractivity contribution in [1.82, 2.24) is 9.97 Å². The third-order valence-corrected chi connectivity index (χ3v) is 4.25. The number of aromatic amines is 1. The molecule has 4 nitrogen and oxygen atoms in total. The molecule has 0 atom stereocenters. The van der Waals surface area contributed by atoms with E-state index < -0.39 is 0 Å². The van der Waals surface area contributed by atoms with E-state index >= 15 is 0 Å². The Labute approximate surface area is 115 Å². The summed E-state index contributed by atoms with van der Waals surface area (Å²) in [5, 5.41) is 5.99. The van der Waals surface area contributed by atoms with Crippen LogP contribution in [0.15, 0.2) is 16.2 Å². The molecule has 0 unspecified atom stereocenters. The maximum Gasteiger partial charge on any atom is 0.257 e. The molecule has 2 N–H and O–H groups in total. The number of pyridine rings is 1. The summed E-state index contributed by atoms with van der Waals surface area (Å²) in [6.45, 7) is 2.88. The van der Waals surface area contributed by atoms with Gasteiger partial charge in [-0.25, -0.2) is 4.98 Å². The summed E-state index contributed by atoms with van der Waals surface area (Å²) in [7, 11) is 0. The molecule has 2 heterocycles. The van der Waals surface area contributed by atoms with Crippen molar-refractivity contribution < 1.29 is 0 Å². The van der Waals surface area contributed by atoms with E-state index in [0.29, 0.717) is 5.56 Å². The van der Waals surface area contributed by atoms with Crippen LogP contribution in [0, 0.1) is 0 Å². The lowest BCUT2D eigenvalue weighted by atomic mass is 9.94. The molecule has 5 heteroatoms. The standard InChI is InChI=1S/C14H17N3OS/c1-2-15-14-17-12(8-19-14)10-7-9-5-3-4-6-11(9)16-13(10)18/h7-8H,2-6H2,1H3,(H,15,17)(H,16,18). The fraction of sp³-hybridized carbons (Fsp3) is 0.429. The minimum atomic E-state index is -0.0194. The highest BCUT2D eigenvalue weighted by atomic mass is 32.1. The number of anilines is 1. The topological polar surface area (TPSA) is 57.8 Å². The number of rotatable bonds is 3. The highest BCUT2D eigenvalue weighted by molar-refractivity contribution is 7.14. The summed E-state index contributed by atoms with van der Waals surface area (Å²) in [5.74, 6) is 0. The molecule has 2 aromatic heterocycles. The molecule has 0 saturated heterocycles. The lowest BCUT2D eigenvalue weighted by Crippen LogP contribution is -2.16. The molecule has 0 amide bonds. The molecular weight excluding hydrogens is 258 g/mol. The van der Waals surface area contributed by atoms with Gasteiger partial charge in [-0.15, -0.1) is 11.3 Å². The first-order valence-electron chi connectivity index (χ1n) is 6.72. The first-order chi connectivity index (χ1) is 9.28. The van der Waals surface area contributed by atoms with E-state index in [-0.39, 0.29) is 5.56 Å². The number of nitrogens with one attached hydrogen (secondary N) is 2. The third-order valence-electron chi connectivity index (χ3n) is 3.45. The smallest absolute Gasteiger partial charge is 0.257 e. The number of aryl methyl sites for hydroxylation is 2. The van der Waals surface area contributed by atoms with Crippen molar-refractivity contribution in [3.63, 3.8) is 0 Å². The van der Waals surface area contributed by atoms with Gasteiger partial charge in [0.2, 0.25) is 0 Å². The van der Waals surface area contributed by atoms with Crippen LogP contribution in [-0.4, -0.2) is 16.5 Å². The zero-order valence-corrected chi connectivity index (χ0v) is 11.8. The Hall–Kier alpha value is -1.62. The van der Waals surface area contributed by atoms with Crippen LogP contribution in [-0.2, 0) is 12.8 Å². The number of hydrogen-bond acceptors (Lipinski definition) is 4. The van der Waals surface area contributed by atoms with Crippen LogP contribution < -0.4 is 10.9 Å². The normalized spacial score (nSPS) is 14.2. The van der Waals surface area contributed by atoms with Crippen LogP contribution in [0.2, 0.25) is 0 Å². The van der Waals surface area contributed by atoms with Gasteiger partial charge in [-0.2, -0.15) is 0 Å². The van der Waals surface area contributed by atoms with E-state index in [4.69, 9.17) is 0 Å². The molecule has 0 aliphatic heterocycles. The van der Waals surface area contributed by atoms with Crippen molar-refractivity contribution in [3.8, 4) is 11.3 Å². The fourth-order valence-corrected chi connectivity index (χ4v) is 3.28. The maximum absolute atomic E-state index is 12.1.